The second kappa shape index (κ2) is 7.64. The predicted molar refractivity (Wildman–Crippen MR) is 117 cm³/mol. The van der Waals surface area contributed by atoms with E-state index in [1.807, 2.05) is 24.3 Å². The molecule has 1 fully saturated rings. The van der Waals surface area contributed by atoms with Gasteiger partial charge in [-0.2, -0.15) is 0 Å². The van der Waals surface area contributed by atoms with E-state index in [1.54, 1.807) is 0 Å². The zero-order valence-corrected chi connectivity index (χ0v) is 18.4. The molecule has 0 unspecified atom stereocenters. The van der Waals surface area contributed by atoms with E-state index < -0.39 is 11.3 Å². The van der Waals surface area contributed by atoms with Gasteiger partial charge in [0.15, 0.2) is 0 Å². The van der Waals surface area contributed by atoms with E-state index in [-0.39, 0.29) is 5.91 Å². The molecular formula is C22H25BrN2O2S. The number of nitrogens with two attached hydrogens (primary N) is 1. The Morgan fingerprint density at radius 3 is 2.54 bits per heavy atom. The highest BCUT2D eigenvalue weighted by Gasteiger charge is 2.43. The second-order valence-electron chi connectivity index (χ2n) is 8.17. The zero-order chi connectivity index (χ0) is 19.9. The van der Waals surface area contributed by atoms with Crippen molar-refractivity contribution in [1.82, 2.24) is 0 Å². The Labute approximate surface area is 178 Å². The smallest absolute Gasteiger partial charge is 0.251 e. The van der Waals surface area contributed by atoms with Crippen LogP contribution in [-0.2, 0) is 23.1 Å². The fraction of sp³-hybridized carbons (Fsp3) is 0.455. The number of thiophene rings is 1. The lowest BCUT2D eigenvalue weighted by Gasteiger charge is -2.28. The van der Waals surface area contributed by atoms with Gasteiger partial charge in [-0.3, -0.25) is 9.59 Å². The number of hydrogen-bond acceptors (Lipinski definition) is 3. The van der Waals surface area contributed by atoms with Crippen LogP contribution < -0.4 is 11.1 Å². The van der Waals surface area contributed by atoms with Gasteiger partial charge in [0.2, 0.25) is 5.91 Å². The first-order chi connectivity index (χ1) is 13.4. The molecule has 2 aromatic rings. The number of halogens is 1. The maximum atomic E-state index is 13.5. The summed E-state index contributed by atoms with van der Waals surface area (Å²) in [6, 6.07) is 8.04. The molecule has 0 saturated heterocycles. The highest BCUT2D eigenvalue weighted by molar-refractivity contribution is 9.10. The van der Waals surface area contributed by atoms with Crippen LogP contribution in [0.25, 0.3) is 0 Å². The Kier molecular flexibility index (Phi) is 5.36. The van der Waals surface area contributed by atoms with Crippen LogP contribution in [0, 0.1) is 5.92 Å². The fourth-order valence-corrected chi connectivity index (χ4v) is 6.39. The molecule has 1 saturated carbocycles. The molecule has 0 spiro atoms. The van der Waals surface area contributed by atoms with Crippen molar-refractivity contribution < 1.29 is 9.59 Å². The zero-order valence-electron chi connectivity index (χ0n) is 16.0. The van der Waals surface area contributed by atoms with Gasteiger partial charge in [-0.05, 0) is 61.3 Å². The molecule has 6 heteroatoms. The van der Waals surface area contributed by atoms with Gasteiger partial charge < -0.3 is 11.1 Å². The average Bonchev–Trinajstić information content (AvgIpc) is 3.27. The summed E-state index contributed by atoms with van der Waals surface area (Å²) >= 11 is 5.01. The molecule has 0 aliphatic heterocycles. The molecule has 148 valence electrons. The van der Waals surface area contributed by atoms with Crippen LogP contribution in [0.1, 0.15) is 65.4 Å². The molecule has 3 N–H and O–H groups in total. The molecule has 1 atom stereocenters. The molecule has 0 bridgehead atoms. The van der Waals surface area contributed by atoms with E-state index in [0.717, 1.165) is 60.5 Å². The molecule has 28 heavy (non-hydrogen) atoms. The molecule has 0 radical (unpaired) electrons. The molecular weight excluding hydrogens is 436 g/mol. The number of benzene rings is 1. The van der Waals surface area contributed by atoms with Crippen LogP contribution in [0.5, 0.6) is 0 Å². The minimum atomic E-state index is -0.534. The van der Waals surface area contributed by atoms with Crippen molar-refractivity contribution in [3.8, 4) is 0 Å². The maximum Gasteiger partial charge on any atom is 0.251 e. The number of fused-ring (bicyclic) bond motifs is 1. The average molecular weight is 461 g/mol. The lowest BCUT2D eigenvalue weighted by Crippen LogP contribution is -2.38. The summed E-state index contributed by atoms with van der Waals surface area (Å²) in [5, 5.41) is 3.77. The molecule has 2 aliphatic carbocycles. The number of carbonyl (C=O) groups excluding carboxylic acids is 2. The van der Waals surface area contributed by atoms with E-state index in [4.69, 9.17) is 5.73 Å². The lowest BCUT2D eigenvalue weighted by atomic mass is 9.78. The van der Waals surface area contributed by atoms with Crippen molar-refractivity contribution in [3.63, 3.8) is 0 Å². The van der Waals surface area contributed by atoms with Gasteiger partial charge in [0.25, 0.3) is 5.91 Å². The van der Waals surface area contributed by atoms with Crippen molar-refractivity contribution in [2.45, 2.75) is 57.3 Å². The van der Waals surface area contributed by atoms with E-state index in [9.17, 15) is 9.59 Å². The Bertz CT molecular complexity index is 913. The third-order valence-corrected chi connectivity index (χ3v) is 7.97. The standard InChI is InChI=1S/C22H25BrN2O2S/c1-13-4-9-16-17(12-13)28-20(18(16)19(24)26)25-21(27)22(10-2-3-11-22)14-5-7-15(23)8-6-14/h5-8,13H,2-4,9-12H2,1H3,(H2,24,26)(H,25,27)/t13-/m0/s1. The maximum absolute atomic E-state index is 13.5. The third-order valence-electron chi connectivity index (χ3n) is 6.27. The molecule has 4 rings (SSSR count). The summed E-state index contributed by atoms with van der Waals surface area (Å²) in [6.45, 7) is 2.23. The first kappa shape index (κ1) is 19.6. The summed E-state index contributed by atoms with van der Waals surface area (Å²) in [5.41, 5.74) is 7.81. The minimum absolute atomic E-state index is 0.0125. The Morgan fingerprint density at radius 2 is 1.89 bits per heavy atom. The van der Waals surface area contributed by atoms with Crippen molar-refractivity contribution in [2.24, 2.45) is 11.7 Å². The van der Waals surface area contributed by atoms with Gasteiger partial charge in [0.05, 0.1) is 11.0 Å². The number of amides is 2. The van der Waals surface area contributed by atoms with Crippen molar-refractivity contribution >= 4 is 44.1 Å². The molecule has 2 aliphatic rings. The normalized spacial score (nSPS) is 20.6. The first-order valence-electron chi connectivity index (χ1n) is 9.92. The van der Waals surface area contributed by atoms with Crippen molar-refractivity contribution in [2.75, 3.05) is 5.32 Å². The van der Waals surface area contributed by atoms with Crippen LogP contribution >= 0.6 is 27.3 Å². The SMILES string of the molecule is C[C@H]1CCc2c(sc(NC(=O)C3(c4ccc(Br)cc4)CCCC3)c2C(N)=O)C1. The summed E-state index contributed by atoms with van der Waals surface area (Å²) < 4.78 is 1.00. The second-order valence-corrected chi connectivity index (χ2v) is 10.2. The van der Waals surface area contributed by atoms with Gasteiger partial charge in [-0.15, -0.1) is 11.3 Å². The van der Waals surface area contributed by atoms with Crippen molar-refractivity contribution in [3.05, 3.63) is 50.3 Å². The van der Waals surface area contributed by atoms with E-state index in [2.05, 4.69) is 28.2 Å². The summed E-state index contributed by atoms with van der Waals surface area (Å²) in [4.78, 5) is 26.9. The first-order valence-corrected chi connectivity index (χ1v) is 11.5. The Morgan fingerprint density at radius 1 is 1.21 bits per heavy atom. The van der Waals surface area contributed by atoms with E-state index in [0.29, 0.717) is 16.5 Å². The molecule has 1 aromatic heterocycles. The van der Waals surface area contributed by atoms with Gasteiger partial charge >= 0.3 is 0 Å². The van der Waals surface area contributed by atoms with E-state index in [1.165, 1.54) is 16.2 Å². The van der Waals surface area contributed by atoms with Gasteiger partial charge in [0.1, 0.15) is 5.00 Å². The largest absolute Gasteiger partial charge is 0.365 e. The number of hydrogen-bond donors (Lipinski definition) is 2. The number of primary amides is 1. The molecule has 2 amide bonds. The molecule has 1 aromatic carbocycles. The quantitative estimate of drug-likeness (QED) is 0.658. The van der Waals surface area contributed by atoms with Crippen molar-refractivity contribution in [1.29, 1.82) is 0 Å². The third kappa shape index (κ3) is 3.41. The van der Waals surface area contributed by atoms with Gasteiger partial charge in [-0.1, -0.05) is 47.8 Å². The van der Waals surface area contributed by atoms with Crippen LogP contribution in [0.4, 0.5) is 5.00 Å². The molecule has 4 nitrogen and oxygen atoms in total. The van der Waals surface area contributed by atoms with Crippen LogP contribution in [0.2, 0.25) is 0 Å². The van der Waals surface area contributed by atoms with Crippen LogP contribution in [-0.4, -0.2) is 11.8 Å². The number of rotatable bonds is 4. The summed E-state index contributed by atoms with van der Waals surface area (Å²) in [7, 11) is 0. The number of nitrogens with one attached hydrogen (secondary N) is 1. The van der Waals surface area contributed by atoms with Crippen LogP contribution in [0.15, 0.2) is 28.7 Å². The topological polar surface area (TPSA) is 72.2 Å². The van der Waals surface area contributed by atoms with E-state index >= 15 is 0 Å². The highest BCUT2D eigenvalue weighted by Crippen LogP contribution is 2.44. The summed E-state index contributed by atoms with van der Waals surface area (Å²) in [6.07, 6.45) is 6.59. The van der Waals surface area contributed by atoms with Gasteiger partial charge in [0, 0.05) is 9.35 Å². The minimum Gasteiger partial charge on any atom is -0.365 e. The van der Waals surface area contributed by atoms with Gasteiger partial charge in [-0.25, -0.2) is 0 Å². The monoisotopic (exact) mass is 460 g/mol. The summed E-state index contributed by atoms with van der Waals surface area (Å²) in [5.74, 6) is 0.146. The van der Waals surface area contributed by atoms with Crippen LogP contribution in [0.3, 0.4) is 0 Å². The fourth-order valence-electron chi connectivity index (χ4n) is 4.72. The number of carbonyl (C=O) groups is 2. The molecule has 1 heterocycles. The highest BCUT2D eigenvalue weighted by atomic mass is 79.9. The number of anilines is 1. The Balaban J connectivity index is 1.69. The Hall–Kier alpha value is -1.66. The predicted octanol–water partition coefficient (Wildman–Crippen LogP) is 5.18. The lowest BCUT2D eigenvalue weighted by molar-refractivity contribution is -0.121.